The molecule has 0 aromatic heterocycles. The Balaban J connectivity index is 2.24. The molecule has 18 heavy (non-hydrogen) atoms. The van der Waals surface area contributed by atoms with Crippen molar-refractivity contribution in [1.82, 2.24) is 0 Å². The SMILES string of the molecule is C=CCOc1ccc2cc(OCC=C)ccc2c1. The first kappa shape index (κ1) is 12.2. The van der Waals surface area contributed by atoms with Crippen LogP contribution in [0.4, 0.5) is 0 Å². The van der Waals surface area contributed by atoms with E-state index in [0.717, 1.165) is 22.3 Å². The average Bonchev–Trinajstić information content (AvgIpc) is 2.42. The van der Waals surface area contributed by atoms with Gasteiger partial charge in [-0.2, -0.15) is 0 Å². The fourth-order valence-electron chi connectivity index (χ4n) is 1.69. The summed E-state index contributed by atoms with van der Waals surface area (Å²) in [6, 6.07) is 12.0. The Kier molecular flexibility index (Phi) is 4.02. The van der Waals surface area contributed by atoms with Crippen molar-refractivity contribution >= 4 is 10.8 Å². The predicted octanol–water partition coefficient (Wildman–Crippen LogP) is 3.97. The van der Waals surface area contributed by atoms with Crippen LogP contribution in [0.3, 0.4) is 0 Å². The maximum Gasteiger partial charge on any atom is 0.120 e. The molecule has 2 heteroatoms. The van der Waals surface area contributed by atoms with Gasteiger partial charge in [-0.05, 0) is 35.0 Å². The van der Waals surface area contributed by atoms with E-state index >= 15 is 0 Å². The van der Waals surface area contributed by atoms with E-state index in [9.17, 15) is 0 Å². The highest BCUT2D eigenvalue weighted by molar-refractivity contribution is 5.85. The summed E-state index contributed by atoms with van der Waals surface area (Å²) in [5.74, 6) is 1.70. The molecular formula is C16H16O2. The zero-order valence-electron chi connectivity index (χ0n) is 10.3. The summed E-state index contributed by atoms with van der Waals surface area (Å²) in [5, 5.41) is 2.25. The zero-order chi connectivity index (χ0) is 12.8. The molecule has 0 unspecified atom stereocenters. The third-order valence-electron chi connectivity index (χ3n) is 2.52. The molecule has 0 atom stereocenters. The van der Waals surface area contributed by atoms with Crippen molar-refractivity contribution in [2.24, 2.45) is 0 Å². The van der Waals surface area contributed by atoms with E-state index in [1.807, 2.05) is 36.4 Å². The number of rotatable bonds is 6. The first-order valence-electron chi connectivity index (χ1n) is 5.84. The van der Waals surface area contributed by atoms with Crippen molar-refractivity contribution < 1.29 is 9.47 Å². The molecule has 0 amide bonds. The van der Waals surface area contributed by atoms with E-state index < -0.39 is 0 Å². The topological polar surface area (TPSA) is 18.5 Å². The van der Waals surface area contributed by atoms with Gasteiger partial charge in [0.05, 0.1) is 0 Å². The second-order valence-electron chi connectivity index (χ2n) is 3.87. The first-order chi connectivity index (χ1) is 8.83. The molecule has 2 aromatic rings. The monoisotopic (exact) mass is 240 g/mol. The van der Waals surface area contributed by atoms with E-state index in [1.54, 1.807) is 12.2 Å². The molecule has 0 aliphatic carbocycles. The molecule has 0 fully saturated rings. The molecule has 92 valence electrons. The van der Waals surface area contributed by atoms with Gasteiger partial charge < -0.3 is 9.47 Å². The second kappa shape index (κ2) is 5.92. The lowest BCUT2D eigenvalue weighted by atomic mass is 10.1. The van der Waals surface area contributed by atoms with Gasteiger partial charge in [-0.1, -0.05) is 37.4 Å². The zero-order valence-corrected chi connectivity index (χ0v) is 10.3. The fraction of sp³-hybridized carbons (Fsp3) is 0.125. The molecule has 0 saturated heterocycles. The summed E-state index contributed by atoms with van der Waals surface area (Å²) in [4.78, 5) is 0. The highest BCUT2D eigenvalue weighted by atomic mass is 16.5. The highest BCUT2D eigenvalue weighted by Gasteiger charge is 1.99. The fourth-order valence-corrected chi connectivity index (χ4v) is 1.69. The Labute approximate surface area is 107 Å². The lowest BCUT2D eigenvalue weighted by Gasteiger charge is -2.07. The van der Waals surface area contributed by atoms with Crippen LogP contribution in [0.15, 0.2) is 61.7 Å². The van der Waals surface area contributed by atoms with Crippen molar-refractivity contribution in [1.29, 1.82) is 0 Å². The molecular weight excluding hydrogens is 224 g/mol. The molecule has 0 heterocycles. The summed E-state index contributed by atoms with van der Waals surface area (Å²) in [6.45, 7) is 8.30. The predicted molar refractivity (Wildman–Crippen MR) is 75.3 cm³/mol. The normalized spacial score (nSPS) is 10.0. The number of fused-ring (bicyclic) bond motifs is 1. The van der Waals surface area contributed by atoms with Crippen LogP contribution in [0.1, 0.15) is 0 Å². The van der Waals surface area contributed by atoms with Crippen molar-refractivity contribution in [2.45, 2.75) is 0 Å². The van der Waals surface area contributed by atoms with E-state index in [0.29, 0.717) is 13.2 Å². The minimum Gasteiger partial charge on any atom is -0.490 e. The second-order valence-corrected chi connectivity index (χ2v) is 3.87. The molecule has 2 nitrogen and oxygen atoms in total. The Hall–Kier alpha value is -2.22. The van der Waals surface area contributed by atoms with Gasteiger partial charge >= 0.3 is 0 Å². The highest BCUT2D eigenvalue weighted by Crippen LogP contribution is 2.25. The van der Waals surface area contributed by atoms with Gasteiger partial charge in [-0.3, -0.25) is 0 Å². The van der Waals surface area contributed by atoms with Crippen LogP contribution < -0.4 is 9.47 Å². The Morgan fingerprint density at radius 1 is 0.778 bits per heavy atom. The molecule has 2 aromatic carbocycles. The molecule has 0 saturated carbocycles. The van der Waals surface area contributed by atoms with Crippen LogP contribution in [0.2, 0.25) is 0 Å². The Bertz CT molecular complexity index is 507. The first-order valence-corrected chi connectivity index (χ1v) is 5.84. The minimum atomic E-state index is 0.520. The largest absolute Gasteiger partial charge is 0.490 e. The van der Waals surface area contributed by atoms with Crippen molar-refractivity contribution in [2.75, 3.05) is 13.2 Å². The van der Waals surface area contributed by atoms with E-state index in [2.05, 4.69) is 13.2 Å². The minimum absolute atomic E-state index is 0.520. The molecule has 0 radical (unpaired) electrons. The molecule has 0 aliphatic rings. The lowest BCUT2D eigenvalue weighted by Crippen LogP contribution is -1.93. The smallest absolute Gasteiger partial charge is 0.120 e. The summed E-state index contributed by atoms with van der Waals surface area (Å²) in [7, 11) is 0. The van der Waals surface area contributed by atoms with Gasteiger partial charge in [0.15, 0.2) is 0 Å². The van der Waals surface area contributed by atoms with Gasteiger partial charge in [-0.15, -0.1) is 0 Å². The molecule has 0 aliphatic heterocycles. The Morgan fingerprint density at radius 2 is 1.22 bits per heavy atom. The van der Waals surface area contributed by atoms with Crippen LogP contribution in [0.25, 0.3) is 10.8 Å². The standard InChI is InChI=1S/C16H16O2/c1-3-9-17-15-7-5-14-12-16(18-10-4-2)8-6-13(14)11-15/h3-8,11-12H,1-2,9-10H2. The van der Waals surface area contributed by atoms with Crippen molar-refractivity contribution in [3.63, 3.8) is 0 Å². The van der Waals surface area contributed by atoms with E-state index in [-0.39, 0.29) is 0 Å². The van der Waals surface area contributed by atoms with Gasteiger partial charge in [0, 0.05) is 0 Å². The number of ether oxygens (including phenoxy) is 2. The summed E-state index contributed by atoms with van der Waals surface area (Å²) < 4.78 is 11.0. The van der Waals surface area contributed by atoms with Crippen LogP contribution in [0, 0.1) is 0 Å². The third-order valence-corrected chi connectivity index (χ3v) is 2.52. The van der Waals surface area contributed by atoms with Crippen molar-refractivity contribution in [3.05, 3.63) is 61.7 Å². The molecule has 0 spiro atoms. The van der Waals surface area contributed by atoms with Crippen LogP contribution in [-0.4, -0.2) is 13.2 Å². The number of benzene rings is 2. The van der Waals surface area contributed by atoms with Gasteiger partial charge in [-0.25, -0.2) is 0 Å². The average molecular weight is 240 g/mol. The third kappa shape index (κ3) is 2.92. The maximum absolute atomic E-state index is 5.50. The molecule has 0 N–H and O–H groups in total. The summed E-state index contributed by atoms with van der Waals surface area (Å²) >= 11 is 0. The summed E-state index contributed by atoms with van der Waals surface area (Å²) in [6.07, 6.45) is 3.47. The van der Waals surface area contributed by atoms with E-state index in [4.69, 9.17) is 9.47 Å². The van der Waals surface area contributed by atoms with Crippen LogP contribution in [0.5, 0.6) is 11.5 Å². The molecule has 0 bridgehead atoms. The van der Waals surface area contributed by atoms with Gasteiger partial charge in [0.2, 0.25) is 0 Å². The quantitative estimate of drug-likeness (QED) is 0.711. The molecule has 2 rings (SSSR count). The van der Waals surface area contributed by atoms with Crippen molar-refractivity contribution in [3.8, 4) is 11.5 Å². The van der Waals surface area contributed by atoms with Gasteiger partial charge in [0.1, 0.15) is 24.7 Å². The van der Waals surface area contributed by atoms with E-state index in [1.165, 1.54) is 0 Å². The van der Waals surface area contributed by atoms with Crippen LogP contribution >= 0.6 is 0 Å². The number of hydrogen-bond acceptors (Lipinski definition) is 2. The Morgan fingerprint density at radius 3 is 1.61 bits per heavy atom. The number of hydrogen-bond donors (Lipinski definition) is 0. The summed E-state index contributed by atoms with van der Waals surface area (Å²) in [5.41, 5.74) is 0. The maximum atomic E-state index is 5.50. The lowest BCUT2D eigenvalue weighted by molar-refractivity contribution is 0.362. The van der Waals surface area contributed by atoms with Crippen LogP contribution in [-0.2, 0) is 0 Å². The van der Waals surface area contributed by atoms with Gasteiger partial charge in [0.25, 0.3) is 0 Å².